The van der Waals surface area contributed by atoms with Gasteiger partial charge < -0.3 is 5.11 Å². The van der Waals surface area contributed by atoms with Gasteiger partial charge >= 0.3 is 5.97 Å². The minimum absolute atomic E-state index is 0.496. The number of carbonyl (C=O) groups is 1. The summed E-state index contributed by atoms with van der Waals surface area (Å²) >= 11 is 11.9. The largest absolute Gasteiger partial charge is 0.480 e. The second-order valence-corrected chi connectivity index (χ2v) is 5.53. The summed E-state index contributed by atoms with van der Waals surface area (Å²) in [6.07, 6.45) is 0. The lowest BCUT2D eigenvalue weighted by molar-refractivity contribution is -0.149. The first kappa shape index (κ1) is 15.3. The minimum Gasteiger partial charge on any atom is -0.480 e. The van der Waals surface area contributed by atoms with E-state index < -0.39 is 11.5 Å². The maximum atomic E-state index is 11.3. The molecule has 18 heavy (non-hydrogen) atoms. The second kappa shape index (κ2) is 5.91. The van der Waals surface area contributed by atoms with Crippen molar-refractivity contribution in [3.05, 3.63) is 33.8 Å². The maximum Gasteiger partial charge on any atom is 0.323 e. The van der Waals surface area contributed by atoms with E-state index in [4.69, 9.17) is 23.2 Å². The Hall–Kier alpha value is -0.770. The maximum absolute atomic E-state index is 11.3. The van der Waals surface area contributed by atoms with Gasteiger partial charge in [-0.3, -0.25) is 9.69 Å². The highest BCUT2D eigenvalue weighted by molar-refractivity contribution is 6.34. The molecule has 0 aliphatic heterocycles. The van der Waals surface area contributed by atoms with Gasteiger partial charge in [0.1, 0.15) is 5.54 Å². The average molecular weight is 290 g/mol. The topological polar surface area (TPSA) is 40.5 Å². The normalized spacial score (nSPS) is 11.9. The van der Waals surface area contributed by atoms with Crippen molar-refractivity contribution < 1.29 is 9.90 Å². The molecule has 0 aliphatic carbocycles. The van der Waals surface area contributed by atoms with Crippen LogP contribution >= 0.6 is 23.2 Å². The van der Waals surface area contributed by atoms with Crippen LogP contribution in [0.3, 0.4) is 0 Å². The molecule has 0 amide bonds. The molecule has 0 saturated heterocycles. The number of carboxylic acid groups (broad SMARTS) is 1. The summed E-state index contributed by atoms with van der Waals surface area (Å²) in [5.41, 5.74) is -0.0209. The van der Waals surface area contributed by atoms with Crippen molar-refractivity contribution >= 4 is 29.2 Å². The van der Waals surface area contributed by atoms with E-state index in [9.17, 15) is 9.90 Å². The molecule has 0 atom stereocenters. The van der Waals surface area contributed by atoms with Gasteiger partial charge in [0.25, 0.3) is 0 Å². The van der Waals surface area contributed by atoms with Gasteiger partial charge in [-0.05, 0) is 44.2 Å². The Labute approximate surface area is 117 Å². The van der Waals surface area contributed by atoms with Crippen LogP contribution in [-0.2, 0) is 11.3 Å². The zero-order chi connectivity index (χ0) is 13.9. The Morgan fingerprint density at radius 3 is 2.17 bits per heavy atom. The lowest BCUT2D eigenvalue weighted by Gasteiger charge is -2.34. The number of hydrogen-bond donors (Lipinski definition) is 1. The minimum atomic E-state index is -0.927. The summed E-state index contributed by atoms with van der Waals surface area (Å²) in [4.78, 5) is 13.1. The Morgan fingerprint density at radius 1 is 1.28 bits per heavy atom. The number of aliphatic carboxylic acids is 1. The van der Waals surface area contributed by atoms with Crippen molar-refractivity contribution in [1.29, 1.82) is 0 Å². The van der Waals surface area contributed by atoms with Gasteiger partial charge in [-0.15, -0.1) is 0 Å². The first-order valence-corrected chi connectivity index (χ1v) is 6.46. The molecule has 1 aromatic rings. The first-order valence-electron chi connectivity index (χ1n) is 5.70. The summed E-state index contributed by atoms with van der Waals surface area (Å²) in [5.74, 6) is -0.850. The van der Waals surface area contributed by atoms with Crippen LogP contribution < -0.4 is 0 Å². The number of hydrogen-bond acceptors (Lipinski definition) is 2. The molecule has 0 heterocycles. The van der Waals surface area contributed by atoms with Crippen LogP contribution in [0.15, 0.2) is 18.2 Å². The molecule has 0 radical (unpaired) electrons. The number of nitrogens with zero attached hydrogens (tertiary/aromatic N) is 1. The van der Waals surface area contributed by atoms with E-state index in [2.05, 4.69) is 0 Å². The van der Waals surface area contributed by atoms with Crippen LogP contribution in [0.25, 0.3) is 0 Å². The predicted molar refractivity (Wildman–Crippen MR) is 74.3 cm³/mol. The van der Waals surface area contributed by atoms with E-state index in [1.165, 1.54) is 0 Å². The highest BCUT2D eigenvalue weighted by Crippen LogP contribution is 2.23. The molecule has 1 aromatic carbocycles. The lowest BCUT2D eigenvalue weighted by Crippen LogP contribution is -2.49. The Morgan fingerprint density at radius 2 is 1.78 bits per heavy atom. The van der Waals surface area contributed by atoms with Gasteiger partial charge in [0.15, 0.2) is 0 Å². The summed E-state index contributed by atoms with van der Waals surface area (Å²) < 4.78 is 0. The van der Waals surface area contributed by atoms with Gasteiger partial charge in [-0.2, -0.15) is 0 Å². The Kier molecular flexibility index (Phi) is 5.02. The molecule has 0 bridgehead atoms. The number of carboxylic acids is 1. The predicted octanol–water partition coefficient (Wildman–Crippen LogP) is 3.68. The van der Waals surface area contributed by atoms with Crippen molar-refractivity contribution in [2.75, 3.05) is 6.54 Å². The molecule has 1 rings (SSSR count). The third-order valence-corrected chi connectivity index (χ3v) is 3.43. The fourth-order valence-corrected chi connectivity index (χ4v) is 2.33. The van der Waals surface area contributed by atoms with Crippen molar-refractivity contribution in [2.24, 2.45) is 0 Å². The fourth-order valence-electron chi connectivity index (χ4n) is 1.76. The summed E-state index contributed by atoms with van der Waals surface area (Å²) in [5, 5.41) is 10.4. The molecule has 5 heteroatoms. The molecule has 1 N–H and O–H groups in total. The van der Waals surface area contributed by atoms with Crippen LogP contribution in [0.4, 0.5) is 0 Å². The standard InChI is InChI=1S/C13H17Cl2NO2/c1-4-16(13(2,3)12(17)18)8-9-5-10(14)7-11(15)6-9/h5-7H,4,8H2,1-3H3,(H,17,18). The molecule has 0 aromatic heterocycles. The molecule has 0 saturated carbocycles. The quantitative estimate of drug-likeness (QED) is 0.899. The fraction of sp³-hybridized carbons (Fsp3) is 0.462. The van der Waals surface area contributed by atoms with Crippen LogP contribution in [0, 0.1) is 0 Å². The van der Waals surface area contributed by atoms with Gasteiger partial charge in [0.2, 0.25) is 0 Å². The number of benzene rings is 1. The number of rotatable bonds is 5. The molecule has 0 spiro atoms. The van der Waals surface area contributed by atoms with Crippen molar-refractivity contribution in [3.8, 4) is 0 Å². The monoisotopic (exact) mass is 289 g/mol. The second-order valence-electron chi connectivity index (χ2n) is 4.66. The molecule has 3 nitrogen and oxygen atoms in total. The summed E-state index contributed by atoms with van der Waals surface area (Å²) in [6.45, 7) is 6.42. The summed E-state index contributed by atoms with van der Waals surface area (Å²) in [7, 11) is 0. The van der Waals surface area contributed by atoms with Gasteiger partial charge in [0.05, 0.1) is 0 Å². The smallest absolute Gasteiger partial charge is 0.323 e. The van der Waals surface area contributed by atoms with E-state index in [1.54, 1.807) is 32.0 Å². The van der Waals surface area contributed by atoms with Crippen LogP contribution in [0.5, 0.6) is 0 Å². The van der Waals surface area contributed by atoms with Crippen molar-refractivity contribution in [2.45, 2.75) is 32.9 Å². The molecular weight excluding hydrogens is 273 g/mol. The van der Waals surface area contributed by atoms with E-state index in [-0.39, 0.29) is 0 Å². The SMILES string of the molecule is CCN(Cc1cc(Cl)cc(Cl)c1)C(C)(C)C(=O)O. The third-order valence-electron chi connectivity index (χ3n) is 2.99. The van der Waals surface area contributed by atoms with Crippen LogP contribution in [-0.4, -0.2) is 28.1 Å². The highest BCUT2D eigenvalue weighted by atomic mass is 35.5. The molecule has 100 valence electrons. The highest BCUT2D eigenvalue weighted by Gasteiger charge is 2.33. The van der Waals surface area contributed by atoms with Crippen molar-refractivity contribution in [3.63, 3.8) is 0 Å². The van der Waals surface area contributed by atoms with E-state index in [1.807, 2.05) is 11.8 Å². The van der Waals surface area contributed by atoms with Crippen molar-refractivity contribution in [1.82, 2.24) is 4.90 Å². The number of likely N-dealkylation sites (N-methyl/N-ethyl adjacent to an activating group) is 1. The third kappa shape index (κ3) is 3.61. The zero-order valence-electron chi connectivity index (χ0n) is 10.7. The Balaban J connectivity index is 2.96. The van der Waals surface area contributed by atoms with Crippen LogP contribution in [0.2, 0.25) is 10.0 Å². The molecule has 0 aliphatic rings. The summed E-state index contributed by atoms with van der Waals surface area (Å²) in [6, 6.07) is 5.26. The van der Waals surface area contributed by atoms with Gasteiger partial charge in [-0.1, -0.05) is 30.1 Å². The van der Waals surface area contributed by atoms with E-state index in [0.29, 0.717) is 23.1 Å². The first-order chi connectivity index (χ1) is 8.27. The average Bonchev–Trinajstić information content (AvgIpc) is 2.24. The van der Waals surface area contributed by atoms with Crippen LogP contribution in [0.1, 0.15) is 26.3 Å². The molecule has 0 unspecified atom stereocenters. The van der Waals surface area contributed by atoms with Gasteiger partial charge in [0, 0.05) is 16.6 Å². The van der Waals surface area contributed by atoms with E-state index in [0.717, 1.165) is 5.56 Å². The Bertz CT molecular complexity index is 426. The lowest BCUT2D eigenvalue weighted by atomic mass is 10.0. The molecule has 0 fully saturated rings. The number of halogens is 2. The molecular formula is C13H17Cl2NO2. The van der Waals surface area contributed by atoms with E-state index >= 15 is 0 Å². The van der Waals surface area contributed by atoms with Gasteiger partial charge in [-0.25, -0.2) is 0 Å². The zero-order valence-corrected chi connectivity index (χ0v) is 12.2.